The van der Waals surface area contributed by atoms with E-state index in [0.717, 1.165) is 4.70 Å². The molecule has 0 N–H and O–H groups in total. The van der Waals surface area contributed by atoms with Crippen LogP contribution in [0.4, 0.5) is 0 Å². The van der Waals surface area contributed by atoms with Gasteiger partial charge in [0, 0.05) is 25.4 Å². The van der Waals surface area contributed by atoms with Crippen LogP contribution in [0.25, 0.3) is 26.4 Å². The number of hydrogen-bond acceptors (Lipinski definition) is 10. The number of thiazole rings is 1. The lowest BCUT2D eigenvalue weighted by Crippen LogP contribution is -2.20. The smallest absolute Gasteiger partial charge is 0.290 e. The van der Waals surface area contributed by atoms with Gasteiger partial charge in [-0.2, -0.15) is 0 Å². The molecular formula is C24H19N3O6S2. The Morgan fingerprint density at radius 2 is 1.89 bits per heavy atom. The summed E-state index contributed by atoms with van der Waals surface area (Å²) < 4.78 is 29.9. The van der Waals surface area contributed by atoms with Crippen LogP contribution in [0.2, 0.25) is 0 Å². The van der Waals surface area contributed by atoms with E-state index < -0.39 is 5.56 Å². The molecule has 0 atom stereocenters. The first-order valence-corrected chi connectivity index (χ1v) is 11.7. The second kappa shape index (κ2) is 9.82. The standard InChI is InChI=1S/C24H19N3O6S2/c1-29-11-12-31-16-5-3-4-6-17(16)32-14-7-8-15-19(13-14)35-23(26-15)27-22(28)20-21(33-24(27)34)18(30-2)9-10-25-20/h3-10,13H,11-12H2,1-2H3. The predicted octanol–water partition coefficient (Wildman–Crippen LogP) is 5.14. The molecule has 0 aliphatic heterocycles. The number of aromatic nitrogens is 3. The Kier molecular flexibility index (Phi) is 6.45. The molecule has 0 fully saturated rings. The van der Waals surface area contributed by atoms with Gasteiger partial charge in [0.05, 0.1) is 23.9 Å². The van der Waals surface area contributed by atoms with Crippen molar-refractivity contribution in [2.45, 2.75) is 0 Å². The molecular weight excluding hydrogens is 490 g/mol. The van der Waals surface area contributed by atoms with E-state index in [9.17, 15) is 4.79 Å². The number of para-hydroxylation sites is 2. The van der Waals surface area contributed by atoms with Gasteiger partial charge in [-0.3, -0.25) is 4.79 Å². The van der Waals surface area contributed by atoms with Crippen molar-refractivity contribution in [3.63, 3.8) is 0 Å². The highest BCUT2D eigenvalue weighted by Gasteiger charge is 2.17. The Labute approximate surface area is 208 Å². The Morgan fingerprint density at radius 1 is 1.06 bits per heavy atom. The van der Waals surface area contributed by atoms with Crippen molar-refractivity contribution in [2.75, 3.05) is 27.4 Å². The van der Waals surface area contributed by atoms with Gasteiger partial charge in [0.15, 0.2) is 22.8 Å². The lowest BCUT2D eigenvalue weighted by Gasteiger charge is -2.12. The summed E-state index contributed by atoms with van der Waals surface area (Å²) in [6.07, 6.45) is 1.48. The molecule has 3 heterocycles. The van der Waals surface area contributed by atoms with Crippen LogP contribution < -0.4 is 19.8 Å². The first-order chi connectivity index (χ1) is 17.1. The normalized spacial score (nSPS) is 11.1. The molecule has 9 nitrogen and oxygen atoms in total. The number of benzene rings is 2. The van der Waals surface area contributed by atoms with Crippen LogP contribution in [0.15, 0.2) is 63.9 Å². The van der Waals surface area contributed by atoms with E-state index in [1.165, 1.54) is 29.2 Å². The number of pyridine rings is 1. The Bertz CT molecular complexity index is 1640. The summed E-state index contributed by atoms with van der Waals surface area (Å²) in [5.41, 5.74) is 0.547. The van der Waals surface area contributed by atoms with E-state index >= 15 is 0 Å². The molecule has 0 unspecified atom stereocenters. The van der Waals surface area contributed by atoms with E-state index in [4.69, 9.17) is 35.6 Å². The Morgan fingerprint density at radius 3 is 2.69 bits per heavy atom. The van der Waals surface area contributed by atoms with E-state index in [1.54, 1.807) is 19.2 Å². The van der Waals surface area contributed by atoms with Gasteiger partial charge in [-0.15, -0.1) is 0 Å². The maximum atomic E-state index is 13.2. The molecule has 0 saturated carbocycles. The van der Waals surface area contributed by atoms with Crippen LogP contribution in [-0.2, 0) is 4.74 Å². The molecule has 0 aliphatic rings. The molecule has 5 rings (SSSR count). The Hall–Kier alpha value is -3.80. The first kappa shape index (κ1) is 23.0. The molecule has 0 bridgehead atoms. The largest absolute Gasteiger partial charge is 0.493 e. The highest BCUT2D eigenvalue weighted by molar-refractivity contribution is 7.71. The average Bonchev–Trinajstić information content (AvgIpc) is 3.27. The van der Waals surface area contributed by atoms with Crippen LogP contribution in [0, 0.1) is 4.84 Å². The highest BCUT2D eigenvalue weighted by Crippen LogP contribution is 2.34. The third kappa shape index (κ3) is 4.48. The number of nitrogens with zero attached hydrogens (tertiary/aromatic N) is 3. The molecule has 2 aromatic carbocycles. The highest BCUT2D eigenvalue weighted by atomic mass is 32.1. The molecule has 11 heteroatoms. The second-order valence-electron chi connectivity index (χ2n) is 7.22. The van der Waals surface area contributed by atoms with Gasteiger partial charge in [-0.1, -0.05) is 23.5 Å². The van der Waals surface area contributed by atoms with E-state index in [1.807, 2.05) is 36.4 Å². The minimum absolute atomic E-state index is 0.0496. The first-order valence-electron chi connectivity index (χ1n) is 10.5. The van der Waals surface area contributed by atoms with Crippen molar-refractivity contribution in [3.8, 4) is 28.1 Å². The van der Waals surface area contributed by atoms with Crippen LogP contribution >= 0.6 is 23.6 Å². The lowest BCUT2D eigenvalue weighted by molar-refractivity contribution is 0.144. The molecule has 0 aliphatic carbocycles. The zero-order valence-electron chi connectivity index (χ0n) is 18.7. The van der Waals surface area contributed by atoms with Gasteiger partial charge in [0.25, 0.3) is 10.4 Å². The summed E-state index contributed by atoms with van der Waals surface area (Å²) in [4.78, 5) is 21.9. The zero-order valence-corrected chi connectivity index (χ0v) is 20.4. The van der Waals surface area contributed by atoms with Crippen molar-refractivity contribution >= 4 is 44.9 Å². The fourth-order valence-corrected chi connectivity index (χ4v) is 4.70. The van der Waals surface area contributed by atoms with Crippen LogP contribution in [0.3, 0.4) is 0 Å². The SMILES string of the molecule is COCCOc1ccccc1Oc1ccc2nc(-n3c(=S)oc4c(OC)ccnc4c3=O)sc2c1. The minimum Gasteiger partial charge on any atom is -0.493 e. The van der Waals surface area contributed by atoms with Gasteiger partial charge < -0.3 is 23.4 Å². The maximum absolute atomic E-state index is 13.2. The van der Waals surface area contributed by atoms with Crippen molar-refractivity contribution in [1.29, 1.82) is 0 Å². The summed E-state index contributed by atoms with van der Waals surface area (Å²) >= 11 is 6.64. The van der Waals surface area contributed by atoms with E-state index in [-0.39, 0.29) is 15.9 Å². The summed E-state index contributed by atoms with van der Waals surface area (Å²) in [5, 5.41) is 0.366. The monoisotopic (exact) mass is 509 g/mol. The third-order valence-electron chi connectivity index (χ3n) is 5.03. The van der Waals surface area contributed by atoms with E-state index in [2.05, 4.69) is 9.97 Å². The van der Waals surface area contributed by atoms with Crippen LogP contribution in [0.1, 0.15) is 0 Å². The number of methoxy groups -OCH3 is 2. The van der Waals surface area contributed by atoms with Gasteiger partial charge in [0.2, 0.25) is 10.7 Å². The predicted molar refractivity (Wildman–Crippen MR) is 134 cm³/mol. The molecule has 178 valence electrons. The quantitative estimate of drug-likeness (QED) is 0.208. The number of hydrogen-bond donors (Lipinski definition) is 0. The zero-order chi connectivity index (χ0) is 24.4. The third-order valence-corrected chi connectivity index (χ3v) is 6.30. The fraction of sp³-hybridized carbons (Fsp3) is 0.167. The number of ether oxygens (including phenoxy) is 4. The van der Waals surface area contributed by atoms with Crippen LogP contribution in [-0.4, -0.2) is 42.0 Å². The summed E-state index contributed by atoms with van der Waals surface area (Å²) in [5.74, 6) is 2.15. The summed E-state index contributed by atoms with van der Waals surface area (Å²) in [6, 6.07) is 14.4. The fourth-order valence-electron chi connectivity index (χ4n) is 3.40. The van der Waals surface area contributed by atoms with Crippen molar-refractivity contribution in [2.24, 2.45) is 0 Å². The van der Waals surface area contributed by atoms with Gasteiger partial charge in [-0.25, -0.2) is 14.5 Å². The number of rotatable bonds is 8. The molecule has 35 heavy (non-hydrogen) atoms. The van der Waals surface area contributed by atoms with E-state index in [0.29, 0.717) is 46.9 Å². The number of fused-ring (bicyclic) bond motifs is 2. The van der Waals surface area contributed by atoms with Crippen LogP contribution in [0.5, 0.6) is 23.0 Å². The van der Waals surface area contributed by atoms with Gasteiger partial charge in [0.1, 0.15) is 12.4 Å². The minimum atomic E-state index is -0.437. The molecule has 0 saturated heterocycles. The molecule has 0 spiro atoms. The van der Waals surface area contributed by atoms with Crippen molar-refractivity contribution in [1.82, 2.24) is 14.5 Å². The second-order valence-corrected chi connectivity index (χ2v) is 8.57. The maximum Gasteiger partial charge on any atom is 0.290 e. The topological polar surface area (TPSA) is 97.8 Å². The van der Waals surface area contributed by atoms with Crippen molar-refractivity contribution in [3.05, 3.63) is 69.9 Å². The Balaban J connectivity index is 1.51. The lowest BCUT2D eigenvalue weighted by atomic mass is 10.3. The molecule has 0 amide bonds. The van der Waals surface area contributed by atoms with Gasteiger partial charge >= 0.3 is 0 Å². The summed E-state index contributed by atoms with van der Waals surface area (Å²) in [6.45, 7) is 0.876. The van der Waals surface area contributed by atoms with Crippen molar-refractivity contribution < 1.29 is 23.4 Å². The van der Waals surface area contributed by atoms with Gasteiger partial charge in [-0.05, 0) is 36.5 Å². The summed E-state index contributed by atoms with van der Waals surface area (Å²) in [7, 11) is 3.10. The molecule has 0 radical (unpaired) electrons. The molecule has 5 aromatic rings. The average molecular weight is 510 g/mol. The molecule has 3 aromatic heterocycles.